The number of rotatable bonds is 5. The van der Waals surface area contributed by atoms with E-state index in [-0.39, 0.29) is 11.2 Å². The molecule has 0 aliphatic heterocycles. The lowest BCUT2D eigenvalue weighted by atomic mass is 10.2. The molecule has 84 valence electrons. The third-order valence-corrected chi connectivity index (χ3v) is 2.86. The first-order chi connectivity index (χ1) is 7.15. The Morgan fingerprint density at radius 1 is 1.73 bits per heavy atom. The molecule has 0 bridgehead atoms. The van der Waals surface area contributed by atoms with Crippen LogP contribution in [0.5, 0.6) is 0 Å². The lowest BCUT2D eigenvalue weighted by Gasteiger charge is -2.12. The van der Waals surface area contributed by atoms with Crippen molar-refractivity contribution in [2.24, 2.45) is 5.92 Å². The molecule has 1 unspecified atom stereocenters. The van der Waals surface area contributed by atoms with Gasteiger partial charge in [-0.25, -0.2) is 4.98 Å². The van der Waals surface area contributed by atoms with E-state index in [0.717, 1.165) is 12.3 Å². The lowest BCUT2D eigenvalue weighted by Crippen LogP contribution is -2.19. The van der Waals surface area contributed by atoms with Crippen LogP contribution >= 0.6 is 11.8 Å². The molecule has 0 amide bonds. The maximum atomic E-state index is 11.1. The van der Waals surface area contributed by atoms with Gasteiger partial charge in [0, 0.05) is 6.54 Å². The predicted octanol–water partition coefficient (Wildman–Crippen LogP) is 0.763. The Kier molecular flexibility index (Phi) is 4.48. The van der Waals surface area contributed by atoms with Crippen molar-refractivity contribution in [1.29, 1.82) is 0 Å². The SMILES string of the molecule is CSCC(C)CNc1nc[nH]c(=O)c1N. The van der Waals surface area contributed by atoms with Gasteiger partial charge in [-0.2, -0.15) is 11.8 Å². The Balaban J connectivity index is 2.58. The van der Waals surface area contributed by atoms with E-state index in [1.165, 1.54) is 6.33 Å². The molecule has 1 heterocycles. The number of anilines is 2. The van der Waals surface area contributed by atoms with Crippen molar-refractivity contribution in [2.45, 2.75) is 6.92 Å². The van der Waals surface area contributed by atoms with Crippen LogP contribution in [0.2, 0.25) is 0 Å². The van der Waals surface area contributed by atoms with Crippen molar-refractivity contribution in [3.05, 3.63) is 16.7 Å². The standard InChI is InChI=1S/C9H16N4OS/c1-6(4-15-2)3-11-8-7(10)9(14)13-5-12-8/h5-6H,3-4,10H2,1-2H3,(H2,11,12,13,14). The van der Waals surface area contributed by atoms with Crippen LogP contribution < -0.4 is 16.6 Å². The molecule has 0 saturated heterocycles. The molecule has 15 heavy (non-hydrogen) atoms. The highest BCUT2D eigenvalue weighted by Gasteiger charge is 2.05. The summed E-state index contributed by atoms with van der Waals surface area (Å²) in [4.78, 5) is 17.5. The van der Waals surface area contributed by atoms with Gasteiger partial charge in [-0.15, -0.1) is 0 Å². The quantitative estimate of drug-likeness (QED) is 0.693. The minimum absolute atomic E-state index is 0.147. The van der Waals surface area contributed by atoms with Crippen molar-refractivity contribution < 1.29 is 0 Å². The number of nitrogens with zero attached hydrogens (tertiary/aromatic N) is 1. The van der Waals surface area contributed by atoms with Crippen LogP contribution in [-0.2, 0) is 0 Å². The maximum absolute atomic E-state index is 11.1. The number of hydrogen-bond acceptors (Lipinski definition) is 5. The molecule has 6 heteroatoms. The number of nitrogen functional groups attached to an aromatic ring is 1. The Morgan fingerprint density at radius 3 is 3.13 bits per heavy atom. The highest BCUT2D eigenvalue weighted by molar-refractivity contribution is 7.98. The summed E-state index contributed by atoms with van der Waals surface area (Å²) in [5.41, 5.74) is 5.41. The van der Waals surface area contributed by atoms with Crippen molar-refractivity contribution in [2.75, 3.05) is 29.6 Å². The molecule has 0 fully saturated rings. The smallest absolute Gasteiger partial charge is 0.276 e. The average Bonchev–Trinajstić information content (AvgIpc) is 2.21. The summed E-state index contributed by atoms with van der Waals surface area (Å²) in [6, 6.07) is 0. The summed E-state index contributed by atoms with van der Waals surface area (Å²) in [5, 5.41) is 3.07. The fourth-order valence-corrected chi connectivity index (χ4v) is 1.85. The predicted molar refractivity (Wildman–Crippen MR) is 65.3 cm³/mol. The van der Waals surface area contributed by atoms with Crippen LogP contribution in [0.1, 0.15) is 6.92 Å². The summed E-state index contributed by atoms with van der Waals surface area (Å²) in [7, 11) is 0. The first-order valence-corrected chi connectivity index (χ1v) is 6.10. The van der Waals surface area contributed by atoms with E-state index in [0.29, 0.717) is 11.7 Å². The lowest BCUT2D eigenvalue weighted by molar-refractivity contribution is 0.699. The third-order valence-electron chi connectivity index (χ3n) is 1.96. The minimum Gasteiger partial charge on any atom is -0.391 e. The van der Waals surface area contributed by atoms with Gasteiger partial charge in [-0.3, -0.25) is 4.79 Å². The van der Waals surface area contributed by atoms with Gasteiger partial charge in [-0.1, -0.05) is 6.92 Å². The fourth-order valence-electron chi connectivity index (χ4n) is 1.17. The van der Waals surface area contributed by atoms with Crippen molar-refractivity contribution in [3.63, 3.8) is 0 Å². The van der Waals surface area contributed by atoms with Gasteiger partial charge in [-0.05, 0) is 17.9 Å². The van der Waals surface area contributed by atoms with E-state index >= 15 is 0 Å². The van der Waals surface area contributed by atoms with Crippen LogP contribution in [0.25, 0.3) is 0 Å². The van der Waals surface area contributed by atoms with E-state index in [1.807, 2.05) is 0 Å². The summed E-state index contributed by atoms with van der Waals surface area (Å²) in [6.07, 6.45) is 3.41. The van der Waals surface area contributed by atoms with Crippen LogP contribution in [0.3, 0.4) is 0 Å². The summed E-state index contributed by atoms with van der Waals surface area (Å²) < 4.78 is 0. The van der Waals surface area contributed by atoms with Gasteiger partial charge in [0.15, 0.2) is 5.82 Å². The monoisotopic (exact) mass is 228 g/mol. The molecule has 0 aliphatic rings. The van der Waals surface area contributed by atoms with Crippen LogP contribution in [0.4, 0.5) is 11.5 Å². The molecule has 1 rings (SSSR count). The van der Waals surface area contributed by atoms with Crippen molar-refractivity contribution in [1.82, 2.24) is 9.97 Å². The molecule has 0 aromatic carbocycles. The first kappa shape index (κ1) is 11.9. The van der Waals surface area contributed by atoms with Gasteiger partial charge in [0.25, 0.3) is 5.56 Å². The second-order valence-corrected chi connectivity index (χ2v) is 4.35. The Morgan fingerprint density at radius 2 is 2.47 bits per heavy atom. The molecular formula is C9H16N4OS. The number of nitrogens with two attached hydrogens (primary N) is 1. The maximum Gasteiger partial charge on any atom is 0.276 e. The normalized spacial score (nSPS) is 12.4. The number of aromatic nitrogens is 2. The number of nitrogens with one attached hydrogen (secondary N) is 2. The highest BCUT2D eigenvalue weighted by Crippen LogP contribution is 2.10. The Hall–Kier alpha value is -1.17. The van der Waals surface area contributed by atoms with Gasteiger partial charge in [0.2, 0.25) is 0 Å². The second-order valence-electron chi connectivity index (χ2n) is 3.44. The molecule has 1 aromatic rings. The molecule has 4 N–H and O–H groups in total. The highest BCUT2D eigenvalue weighted by atomic mass is 32.2. The number of H-pyrrole nitrogens is 1. The van der Waals surface area contributed by atoms with E-state index in [2.05, 4.69) is 28.5 Å². The Labute approximate surface area is 92.9 Å². The molecular weight excluding hydrogens is 212 g/mol. The fraction of sp³-hybridized carbons (Fsp3) is 0.556. The zero-order chi connectivity index (χ0) is 11.3. The zero-order valence-corrected chi connectivity index (χ0v) is 9.73. The second kappa shape index (κ2) is 5.65. The van der Waals surface area contributed by atoms with Gasteiger partial charge >= 0.3 is 0 Å². The number of hydrogen-bond donors (Lipinski definition) is 3. The van der Waals surface area contributed by atoms with E-state index < -0.39 is 0 Å². The topological polar surface area (TPSA) is 83.8 Å². The molecule has 0 saturated carbocycles. The molecule has 1 aromatic heterocycles. The zero-order valence-electron chi connectivity index (χ0n) is 8.91. The molecule has 0 aliphatic carbocycles. The molecule has 1 atom stereocenters. The Bertz CT molecular complexity index is 365. The van der Waals surface area contributed by atoms with Gasteiger partial charge in [0.1, 0.15) is 5.69 Å². The van der Waals surface area contributed by atoms with Crippen LogP contribution in [0.15, 0.2) is 11.1 Å². The number of thioether (sulfide) groups is 1. The first-order valence-electron chi connectivity index (χ1n) is 4.71. The molecule has 0 spiro atoms. The summed E-state index contributed by atoms with van der Waals surface area (Å²) in [6.45, 7) is 2.90. The summed E-state index contributed by atoms with van der Waals surface area (Å²) in [5.74, 6) is 2.04. The summed E-state index contributed by atoms with van der Waals surface area (Å²) >= 11 is 1.79. The molecule has 5 nitrogen and oxygen atoms in total. The average molecular weight is 228 g/mol. The molecule has 0 radical (unpaired) electrons. The van der Waals surface area contributed by atoms with Gasteiger partial charge < -0.3 is 16.0 Å². The largest absolute Gasteiger partial charge is 0.391 e. The minimum atomic E-state index is -0.301. The third kappa shape index (κ3) is 3.47. The van der Waals surface area contributed by atoms with Crippen LogP contribution in [-0.4, -0.2) is 28.5 Å². The van der Waals surface area contributed by atoms with Crippen molar-refractivity contribution >= 4 is 23.3 Å². The van der Waals surface area contributed by atoms with Crippen LogP contribution in [0, 0.1) is 5.92 Å². The van der Waals surface area contributed by atoms with Gasteiger partial charge in [0.05, 0.1) is 6.33 Å². The van der Waals surface area contributed by atoms with E-state index in [4.69, 9.17) is 5.73 Å². The van der Waals surface area contributed by atoms with E-state index in [9.17, 15) is 4.79 Å². The van der Waals surface area contributed by atoms with Crippen molar-refractivity contribution in [3.8, 4) is 0 Å². The number of aromatic amines is 1. The van der Waals surface area contributed by atoms with E-state index in [1.54, 1.807) is 11.8 Å².